The number of thioether (sulfide) groups is 1. The van der Waals surface area contributed by atoms with Gasteiger partial charge in [-0.15, -0.1) is 0 Å². The zero-order valence-corrected chi connectivity index (χ0v) is 20.3. The van der Waals surface area contributed by atoms with Gasteiger partial charge in [0.2, 0.25) is 15.9 Å². The number of carbonyl (C=O) groups is 1. The number of aromatic nitrogens is 2. The Bertz CT molecular complexity index is 1210. The predicted octanol–water partition coefficient (Wildman–Crippen LogP) is 3.34. The second-order valence-corrected chi connectivity index (χ2v) is 10.2. The fourth-order valence-electron chi connectivity index (χ4n) is 3.44. The Kier molecular flexibility index (Phi) is 8.28. The van der Waals surface area contributed by atoms with Crippen molar-refractivity contribution in [2.45, 2.75) is 37.8 Å². The first-order chi connectivity index (χ1) is 15.7. The molecule has 10 heteroatoms. The molecule has 3 aromatic rings. The molecule has 0 aliphatic rings. The van der Waals surface area contributed by atoms with Crippen LogP contribution in [0.15, 0.2) is 59.5 Å². The Hall–Kier alpha value is -2.69. The molecule has 0 spiro atoms. The number of rotatable bonds is 10. The van der Waals surface area contributed by atoms with Crippen LogP contribution in [0.5, 0.6) is 0 Å². The molecular weight excluding hydrogens is 463 g/mol. The first-order valence-electron chi connectivity index (χ1n) is 10.4. The van der Waals surface area contributed by atoms with Gasteiger partial charge in [-0.05, 0) is 56.5 Å². The highest BCUT2D eigenvalue weighted by molar-refractivity contribution is 7.98. The molecular formula is C23H27FN4O3S2. The number of nitrogens with one attached hydrogen (secondary N) is 2. The van der Waals surface area contributed by atoms with Crippen molar-refractivity contribution in [3.63, 3.8) is 0 Å². The van der Waals surface area contributed by atoms with E-state index in [1.807, 2.05) is 55.1 Å². The van der Waals surface area contributed by atoms with Gasteiger partial charge in [0.05, 0.1) is 11.4 Å². The summed E-state index contributed by atoms with van der Waals surface area (Å²) in [6, 6.07) is 13.7. The number of para-hydroxylation sites is 1. The smallest absolute Gasteiger partial charge is 0.244 e. The molecule has 1 aromatic heterocycles. The maximum absolute atomic E-state index is 14.1. The molecule has 0 bridgehead atoms. The number of benzene rings is 2. The molecule has 0 saturated heterocycles. The number of hydrogen-bond acceptors (Lipinski definition) is 5. The van der Waals surface area contributed by atoms with E-state index in [2.05, 4.69) is 15.1 Å². The molecule has 176 valence electrons. The molecule has 7 nitrogen and oxygen atoms in total. The third-order valence-corrected chi connectivity index (χ3v) is 7.38. The van der Waals surface area contributed by atoms with Crippen LogP contribution in [-0.2, 0) is 21.4 Å². The molecule has 1 heterocycles. The summed E-state index contributed by atoms with van der Waals surface area (Å²) in [5.41, 5.74) is 3.41. The van der Waals surface area contributed by atoms with E-state index in [9.17, 15) is 17.6 Å². The van der Waals surface area contributed by atoms with Crippen LogP contribution in [0, 0.1) is 19.7 Å². The van der Waals surface area contributed by atoms with Gasteiger partial charge in [-0.2, -0.15) is 21.6 Å². The molecule has 1 amide bonds. The molecule has 1 unspecified atom stereocenters. The molecule has 33 heavy (non-hydrogen) atoms. The normalized spacial score (nSPS) is 12.5. The van der Waals surface area contributed by atoms with E-state index in [1.165, 1.54) is 30.0 Å². The van der Waals surface area contributed by atoms with Crippen molar-refractivity contribution >= 4 is 27.7 Å². The fourth-order valence-corrected chi connectivity index (χ4v) is 5.22. The van der Waals surface area contributed by atoms with Crippen LogP contribution in [-0.4, -0.2) is 42.2 Å². The standard InChI is InChI=1S/C23H27FN4O3S2/c1-16-19(17(2)28(26-16)18-9-5-4-6-10-18)15-25-23(29)21(13-14-32-3)27-33(30,31)22-12-8-7-11-20(22)24/h4-12,21,27H,13-15H2,1-3H3,(H,25,29). The van der Waals surface area contributed by atoms with E-state index in [0.717, 1.165) is 28.7 Å². The monoisotopic (exact) mass is 490 g/mol. The van der Waals surface area contributed by atoms with E-state index < -0.39 is 32.7 Å². The van der Waals surface area contributed by atoms with Crippen LogP contribution in [0.4, 0.5) is 4.39 Å². The van der Waals surface area contributed by atoms with Crippen molar-refractivity contribution < 1.29 is 17.6 Å². The van der Waals surface area contributed by atoms with Gasteiger partial charge < -0.3 is 5.32 Å². The minimum Gasteiger partial charge on any atom is -0.350 e. The Morgan fingerprint density at radius 3 is 2.45 bits per heavy atom. The number of hydrogen-bond donors (Lipinski definition) is 2. The average Bonchev–Trinajstić information content (AvgIpc) is 3.08. The van der Waals surface area contributed by atoms with E-state index in [0.29, 0.717) is 5.75 Å². The lowest BCUT2D eigenvalue weighted by atomic mass is 10.1. The van der Waals surface area contributed by atoms with Crippen LogP contribution in [0.25, 0.3) is 5.69 Å². The third kappa shape index (κ3) is 6.01. The van der Waals surface area contributed by atoms with E-state index in [-0.39, 0.29) is 13.0 Å². The van der Waals surface area contributed by atoms with Crippen molar-refractivity contribution in [2.75, 3.05) is 12.0 Å². The molecule has 2 N–H and O–H groups in total. The summed E-state index contributed by atoms with van der Waals surface area (Å²) in [5.74, 6) is -0.786. The maximum atomic E-state index is 14.1. The molecule has 0 radical (unpaired) electrons. The van der Waals surface area contributed by atoms with E-state index in [4.69, 9.17) is 0 Å². The minimum absolute atomic E-state index is 0.195. The van der Waals surface area contributed by atoms with Crippen molar-refractivity contribution in [1.82, 2.24) is 19.8 Å². The van der Waals surface area contributed by atoms with Gasteiger partial charge in [0.25, 0.3) is 0 Å². The lowest BCUT2D eigenvalue weighted by Crippen LogP contribution is -2.47. The maximum Gasteiger partial charge on any atom is 0.244 e. The summed E-state index contributed by atoms with van der Waals surface area (Å²) < 4.78 is 43.7. The lowest BCUT2D eigenvalue weighted by molar-refractivity contribution is -0.122. The van der Waals surface area contributed by atoms with Crippen molar-refractivity contribution in [3.05, 3.63) is 77.4 Å². The number of sulfonamides is 1. The first-order valence-corrected chi connectivity index (χ1v) is 13.3. The molecule has 0 saturated carbocycles. The SMILES string of the molecule is CSCCC(NS(=O)(=O)c1ccccc1F)C(=O)NCc1c(C)nn(-c2ccccc2)c1C. The molecule has 3 rings (SSSR count). The Morgan fingerprint density at radius 2 is 1.79 bits per heavy atom. The minimum atomic E-state index is -4.21. The number of amides is 1. The highest BCUT2D eigenvalue weighted by Crippen LogP contribution is 2.18. The van der Waals surface area contributed by atoms with Gasteiger partial charge in [0.15, 0.2) is 0 Å². The molecule has 0 fully saturated rings. The Morgan fingerprint density at radius 1 is 1.12 bits per heavy atom. The summed E-state index contributed by atoms with van der Waals surface area (Å²) in [6.07, 6.45) is 2.13. The quantitative estimate of drug-likeness (QED) is 0.455. The lowest BCUT2D eigenvalue weighted by Gasteiger charge is -2.18. The molecule has 1 atom stereocenters. The summed E-state index contributed by atoms with van der Waals surface area (Å²) in [6.45, 7) is 3.97. The summed E-state index contributed by atoms with van der Waals surface area (Å²) >= 11 is 1.49. The van der Waals surface area contributed by atoms with Crippen molar-refractivity contribution in [1.29, 1.82) is 0 Å². The number of nitrogens with zero attached hydrogens (tertiary/aromatic N) is 2. The summed E-state index contributed by atoms with van der Waals surface area (Å²) in [5, 5.41) is 7.39. The zero-order valence-electron chi connectivity index (χ0n) is 18.7. The second-order valence-electron chi connectivity index (χ2n) is 7.50. The van der Waals surface area contributed by atoms with Crippen LogP contribution in [0.3, 0.4) is 0 Å². The summed E-state index contributed by atoms with van der Waals surface area (Å²) in [4.78, 5) is 12.5. The highest BCUT2D eigenvalue weighted by atomic mass is 32.2. The average molecular weight is 491 g/mol. The van der Waals surface area contributed by atoms with Crippen LogP contribution >= 0.6 is 11.8 Å². The zero-order chi connectivity index (χ0) is 24.0. The van der Waals surface area contributed by atoms with E-state index >= 15 is 0 Å². The van der Waals surface area contributed by atoms with Crippen LogP contribution in [0.2, 0.25) is 0 Å². The number of halogens is 1. The van der Waals surface area contributed by atoms with Gasteiger partial charge >= 0.3 is 0 Å². The number of carbonyl (C=O) groups excluding carboxylic acids is 1. The Balaban J connectivity index is 1.76. The van der Waals surface area contributed by atoms with Gasteiger partial charge in [-0.3, -0.25) is 4.79 Å². The second kappa shape index (κ2) is 11.0. The molecule has 0 aliphatic heterocycles. The first kappa shape index (κ1) is 24.9. The van der Waals surface area contributed by atoms with Crippen molar-refractivity contribution in [2.24, 2.45) is 0 Å². The largest absolute Gasteiger partial charge is 0.350 e. The van der Waals surface area contributed by atoms with Crippen LogP contribution < -0.4 is 10.0 Å². The summed E-state index contributed by atoms with van der Waals surface area (Å²) in [7, 11) is -4.21. The highest BCUT2D eigenvalue weighted by Gasteiger charge is 2.27. The van der Waals surface area contributed by atoms with Gasteiger partial charge in [0, 0.05) is 17.8 Å². The molecule has 2 aromatic carbocycles. The Labute approximate surface area is 197 Å². The predicted molar refractivity (Wildman–Crippen MR) is 128 cm³/mol. The van der Waals surface area contributed by atoms with Crippen LogP contribution in [0.1, 0.15) is 23.4 Å². The van der Waals surface area contributed by atoms with Gasteiger partial charge in [-0.25, -0.2) is 17.5 Å². The third-order valence-electron chi connectivity index (χ3n) is 5.23. The van der Waals surface area contributed by atoms with Gasteiger partial charge in [-0.1, -0.05) is 30.3 Å². The number of aryl methyl sites for hydroxylation is 1. The van der Waals surface area contributed by atoms with Gasteiger partial charge in [0.1, 0.15) is 16.8 Å². The molecule has 0 aliphatic carbocycles. The fraction of sp³-hybridized carbons (Fsp3) is 0.304. The van der Waals surface area contributed by atoms with Crippen molar-refractivity contribution in [3.8, 4) is 5.69 Å². The topological polar surface area (TPSA) is 93.1 Å². The van der Waals surface area contributed by atoms with E-state index in [1.54, 1.807) is 0 Å².